The van der Waals surface area contributed by atoms with Gasteiger partial charge in [0, 0.05) is 5.41 Å². The van der Waals surface area contributed by atoms with Gasteiger partial charge in [0.05, 0.1) is 0 Å². The van der Waals surface area contributed by atoms with Gasteiger partial charge in [0.15, 0.2) is 0 Å². The molecule has 1 saturated carbocycles. The van der Waals surface area contributed by atoms with Crippen LogP contribution < -0.4 is 0 Å². The molecule has 1 rings (SSSR count). The molecule has 0 aromatic carbocycles. The highest BCUT2D eigenvalue weighted by Crippen LogP contribution is 2.49. The van der Waals surface area contributed by atoms with Crippen molar-refractivity contribution in [1.82, 2.24) is 0 Å². The molecule has 0 unspecified atom stereocenters. The Kier molecular flexibility index (Phi) is 7.08. The lowest BCUT2D eigenvalue weighted by atomic mass is 9.64. The predicted octanol–water partition coefficient (Wildman–Crippen LogP) is 6.31. The first kappa shape index (κ1) is 16.5. The molecule has 0 N–H and O–H groups in total. The molecule has 0 radical (unpaired) electrons. The SMILES string of the molecule is C=C/C=C(\C=C/C)C1(C(/C=C\C)=C/C=C)CCCCC1. The Balaban J connectivity index is 3.40. The zero-order valence-corrected chi connectivity index (χ0v) is 13.1. The Labute approximate surface area is 125 Å². The summed E-state index contributed by atoms with van der Waals surface area (Å²) in [6.07, 6.45) is 23.3. The zero-order chi connectivity index (χ0) is 14.8. The molecule has 1 fully saturated rings. The summed E-state index contributed by atoms with van der Waals surface area (Å²) in [5.41, 5.74) is 2.88. The fraction of sp³-hybridized carbons (Fsp3) is 0.400. The first-order valence-corrected chi connectivity index (χ1v) is 7.67. The van der Waals surface area contributed by atoms with Crippen LogP contribution in [0.25, 0.3) is 0 Å². The maximum Gasteiger partial charge on any atom is 0.0202 e. The van der Waals surface area contributed by atoms with Gasteiger partial charge < -0.3 is 0 Å². The molecule has 0 aliphatic heterocycles. The largest absolute Gasteiger partial charge is 0.0991 e. The lowest BCUT2D eigenvalue weighted by molar-refractivity contribution is 0.300. The highest BCUT2D eigenvalue weighted by Gasteiger charge is 2.36. The molecule has 0 heteroatoms. The summed E-state index contributed by atoms with van der Waals surface area (Å²) in [5.74, 6) is 0. The Morgan fingerprint density at radius 2 is 1.25 bits per heavy atom. The van der Waals surface area contributed by atoms with Gasteiger partial charge in [0.1, 0.15) is 0 Å². The van der Waals surface area contributed by atoms with Crippen LogP contribution in [-0.4, -0.2) is 0 Å². The van der Waals surface area contributed by atoms with E-state index in [1.165, 1.54) is 43.3 Å². The molecular weight excluding hydrogens is 240 g/mol. The van der Waals surface area contributed by atoms with Crippen LogP contribution in [0.15, 0.2) is 72.9 Å². The van der Waals surface area contributed by atoms with E-state index in [0.717, 1.165) is 0 Å². The number of hydrogen-bond acceptors (Lipinski definition) is 0. The monoisotopic (exact) mass is 268 g/mol. The van der Waals surface area contributed by atoms with Crippen LogP contribution in [-0.2, 0) is 0 Å². The van der Waals surface area contributed by atoms with Crippen LogP contribution in [0.5, 0.6) is 0 Å². The first-order chi connectivity index (χ1) is 9.75. The van der Waals surface area contributed by atoms with Gasteiger partial charge in [-0.2, -0.15) is 0 Å². The van der Waals surface area contributed by atoms with Gasteiger partial charge in [-0.1, -0.05) is 81.0 Å². The Morgan fingerprint density at radius 3 is 1.60 bits per heavy atom. The van der Waals surface area contributed by atoms with E-state index in [4.69, 9.17) is 0 Å². The van der Waals surface area contributed by atoms with Crippen molar-refractivity contribution in [1.29, 1.82) is 0 Å². The van der Waals surface area contributed by atoms with Crippen molar-refractivity contribution in [3.63, 3.8) is 0 Å². The topological polar surface area (TPSA) is 0 Å². The van der Waals surface area contributed by atoms with Crippen LogP contribution in [0.1, 0.15) is 46.0 Å². The summed E-state index contributed by atoms with van der Waals surface area (Å²) in [6.45, 7) is 12.0. The molecule has 0 aromatic heterocycles. The third-order valence-electron chi connectivity index (χ3n) is 4.10. The molecule has 0 heterocycles. The van der Waals surface area contributed by atoms with E-state index in [1.54, 1.807) is 0 Å². The summed E-state index contributed by atoms with van der Waals surface area (Å²) >= 11 is 0. The van der Waals surface area contributed by atoms with E-state index in [2.05, 4.69) is 63.5 Å². The third kappa shape index (κ3) is 3.72. The van der Waals surface area contributed by atoms with Crippen LogP contribution in [0.2, 0.25) is 0 Å². The van der Waals surface area contributed by atoms with Crippen molar-refractivity contribution < 1.29 is 0 Å². The highest BCUT2D eigenvalue weighted by molar-refractivity contribution is 5.44. The minimum Gasteiger partial charge on any atom is -0.0991 e. The third-order valence-corrected chi connectivity index (χ3v) is 4.10. The van der Waals surface area contributed by atoms with Gasteiger partial charge >= 0.3 is 0 Å². The van der Waals surface area contributed by atoms with Crippen LogP contribution in [0, 0.1) is 5.41 Å². The molecule has 1 aliphatic carbocycles. The summed E-state index contributed by atoms with van der Waals surface area (Å²) < 4.78 is 0. The summed E-state index contributed by atoms with van der Waals surface area (Å²) in [6, 6.07) is 0. The molecule has 0 aromatic rings. The second kappa shape index (κ2) is 8.58. The van der Waals surface area contributed by atoms with E-state index in [9.17, 15) is 0 Å². The highest BCUT2D eigenvalue weighted by atomic mass is 14.4. The van der Waals surface area contributed by atoms with Gasteiger partial charge in [-0.3, -0.25) is 0 Å². The molecule has 108 valence electrons. The normalized spacial score (nSPS) is 20.5. The first-order valence-electron chi connectivity index (χ1n) is 7.67. The van der Waals surface area contributed by atoms with Crippen molar-refractivity contribution in [2.75, 3.05) is 0 Å². The van der Waals surface area contributed by atoms with Gasteiger partial charge in [-0.05, 0) is 37.8 Å². The summed E-state index contributed by atoms with van der Waals surface area (Å²) in [4.78, 5) is 0. The Morgan fingerprint density at radius 1 is 0.800 bits per heavy atom. The van der Waals surface area contributed by atoms with E-state index in [1.807, 2.05) is 12.2 Å². The van der Waals surface area contributed by atoms with E-state index < -0.39 is 0 Å². The Bertz CT molecular complexity index is 399. The minimum absolute atomic E-state index is 0.125. The summed E-state index contributed by atoms with van der Waals surface area (Å²) in [7, 11) is 0. The van der Waals surface area contributed by atoms with E-state index >= 15 is 0 Å². The van der Waals surface area contributed by atoms with E-state index in [-0.39, 0.29) is 5.41 Å². The summed E-state index contributed by atoms with van der Waals surface area (Å²) in [5, 5.41) is 0. The Hall–Kier alpha value is -1.56. The van der Waals surface area contributed by atoms with Gasteiger partial charge in [0.2, 0.25) is 0 Å². The van der Waals surface area contributed by atoms with Crippen molar-refractivity contribution in [3.05, 3.63) is 72.9 Å². The van der Waals surface area contributed by atoms with Crippen molar-refractivity contribution >= 4 is 0 Å². The standard InChI is InChI=1S/C20H28/c1-5-12-18(13-6-2)20(16-10-9-11-17-20)19(14-7-3)15-8-4/h5-8,12-15H,1,3,9-11,16-17H2,2,4H3/b13-6-,15-8-,18-12+,19-14+. The van der Waals surface area contributed by atoms with Crippen LogP contribution >= 0.6 is 0 Å². The van der Waals surface area contributed by atoms with Crippen molar-refractivity contribution in [3.8, 4) is 0 Å². The van der Waals surface area contributed by atoms with Gasteiger partial charge in [0.25, 0.3) is 0 Å². The average molecular weight is 268 g/mol. The second-order valence-corrected chi connectivity index (χ2v) is 5.36. The molecule has 0 amide bonds. The lowest BCUT2D eigenvalue weighted by Gasteiger charge is -2.40. The molecule has 0 bridgehead atoms. The average Bonchev–Trinajstić information content (AvgIpc) is 2.47. The molecule has 0 spiro atoms. The van der Waals surface area contributed by atoms with Gasteiger partial charge in [-0.25, -0.2) is 0 Å². The molecule has 0 atom stereocenters. The molecular formula is C20H28. The molecule has 0 saturated heterocycles. The fourth-order valence-electron chi connectivity index (χ4n) is 3.26. The van der Waals surface area contributed by atoms with Crippen molar-refractivity contribution in [2.45, 2.75) is 46.0 Å². The molecule has 1 aliphatic rings. The maximum absolute atomic E-state index is 3.89. The smallest absolute Gasteiger partial charge is 0.0202 e. The quantitative estimate of drug-likeness (QED) is 0.495. The zero-order valence-electron chi connectivity index (χ0n) is 13.1. The lowest BCUT2D eigenvalue weighted by Crippen LogP contribution is -2.28. The van der Waals surface area contributed by atoms with E-state index in [0.29, 0.717) is 0 Å². The van der Waals surface area contributed by atoms with Crippen LogP contribution in [0.3, 0.4) is 0 Å². The number of allylic oxidation sites excluding steroid dienone is 10. The minimum atomic E-state index is 0.125. The fourth-order valence-corrected chi connectivity index (χ4v) is 3.26. The second-order valence-electron chi connectivity index (χ2n) is 5.36. The molecule has 20 heavy (non-hydrogen) atoms. The number of hydrogen-bond donors (Lipinski definition) is 0. The van der Waals surface area contributed by atoms with Crippen molar-refractivity contribution in [2.24, 2.45) is 5.41 Å². The maximum atomic E-state index is 3.89. The van der Waals surface area contributed by atoms with Crippen LogP contribution in [0.4, 0.5) is 0 Å². The molecule has 0 nitrogen and oxygen atoms in total. The predicted molar refractivity (Wildman–Crippen MR) is 91.7 cm³/mol. The van der Waals surface area contributed by atoms with Gasteiger partial charge in [-0.15, -0.1) is 0 Å². The number of rotatable bonds is 6.